The van der Waals surface area contributed by atoms with Crippen LogP contribution in [0.15, 0.2) is 18.2 Å². The molecule has 1 aliphatic carbocycles. The molecule has 3 rings (SSSR count). The fraction of sp³-hybridized carbons (Fsp3) is 0.647. The Morgan fingerprint density at radius 1 is 1.29 bits per heavy atom. The van der Waals surface area contributed by atoms with Gasteiger partial charge in [0.05, 0.1) is 10.7 Å². The van der Waals surface area contributed by atoms with Gasteiger partial charge in [0, 0.05) is 29.7 Å². The number of anilines is 1. The quantitative estimate of drug-likeness (QED) is 0.873. The lowest BCUT2D eigenvalue weighted by molar-refractivity contribution is 0.233. The Bertz CT molecular complexity index is 528. The molecule has 1 aromatic carbocycles. The first-order chi connectivity index (χ1) is 9.90. The zero-order valence-electron chi connectivity index (χ0n) is 13.0. The highest BCUT2D eigenvalue weighted by molar-refractivity contribution is 6.35. The molecule has 0 bridgehead atoms. The number of nitrogens with zero attached hydrogens (tertiary/aromatic N) is 1. The molecular weight excluding hydrogens is 303 g/mol. The van der Waals surface area contributed by atoms with Crippen LogP contribution in [0.4, 0.5) is 5.69 Å². The largest absolute Gasteiger partial charge is 0.364 e. The second-order valence-corrected chi connectivity index (χ2v) is 7.95. The van der Waals surface area contributed by atoms with Crippen LogP contribution >= 0.6 is 23.2 Å². The Kier molecular flexibility index (Phi) is 4.15. The summed E-state index contributed by atoms with van der Waals surface area (Å²) in [4.78, 5) is 2.48. The van der Waals surface area contributed by atoms with Gasteiger partial charge in [-0.3, -0.25) is 0 Å². The van der Waals surface area contributed by atoms with Crippen molar-refractivity contribution in [2.24, 2.45) is 11.8 Å². The molecule has 2 atom stereocenters. The number of hydrogen-bond donors (Lipinski definition) is 1. The van der Waals surface area contributed by atoms with E-state index in [4.69, 9.17) is 23.2 Å². The van der Waals surface area contributed by atoms with Crippen molar-refractivity contribution in [2.45, 2.75) is 45.2 Å². The Balaban J connectivity index is 1.95. The molecular formula is C17H24Cl2N2. The van der Waals surface area contributed by atoms with Crippen LogP contribution in [0.3, 0.4) is 0 Å². The van der Waals surface area contributed by atoms with Crippen molar-refractivity contribution in [1.29, 1.82) is 0 Å². The van der Waals surface area contributed by atoms with Gasteiger partial charge >= 0.3 is 0 Å². The first kappa shape index (κ1) is 15.5. The van der Waals surface area contributed by atoms with Crippen LogP contribution in [0.1, 0.15) is 33.6 Å². The van der Waals surface area contributed by atoms with E-state index in [0.717, 1.165) is 34.7 Å². The Hall–Kier alpha value is -0.440. The van der Waals surface area contributed by atoms with Crippen LogP contribution in [0.25, 0.3) is 0 Å². The van der Waals surface area contributed by atoms with E-state index in [1.54, 1.807) is 0 Å². The van der Waals surface area contributed by atoms with Gasteiger partial charge in [0.25, 0.3) is 0 Å². The monoisotopic (exact) mass is 326 g/mol. The van der Waals surface area contributed by atoms with Crippen molar-refractivity contribution in [1.82, 2.24) is 5.32 Å². The van der Waals surface area contributed by atoms with Gasteiger partial charge < -0.3 is 10.2 Å². The summed E-state index contributed by atoms with van der Waals surface area (Å²) in [5.74, 6) is 1.36. The highest BCUT2D eigenvalue weighted by Crippen LogP contribution is 2.43. The number of halogens is 2. The minimum absolute atomic E-state index is 0.192. The Labute approximate surface area is 137 Å². The van der Waals surface area contributed by atoms with Gasteiger partial charge in [0.1, 0.15) is 0 Å². The third-order valence-electron chi connectivity index (χ3n) is 5.08. The molecule has 0 amide bonds. The normalized spacial score (nSPS) is 30.0. The molecule has 0 spiro atoms. The van der Waals surface area contributed by atoms with Crippen molar-refractivity contribution in [2.75, 3.05) is 18.0 Å². The van der Waals surface area contributed by atoms with Gasteiger partial charge in [-0.1, -0.05) is 37.0 Å². The lowest BCUT2D eigenvalue weighted by Gasteiger charge is -2.49. The van der Waals surface area contributed by atoms with Crippen molar-refractivity contribution < 1.29 is 0 Å². The fourth-order valence-electron chi connectivity index (χ4n) is 3.53. The van der Waals surface area contributed by atoms with E-state index in [-0.39, 0.29) is 5.54 Å². The van der Waals surface area contributed by atoms with E-state index in [1.165, 1.54) is 12.8 Å². The standard InChI is InChI=1S/C17H24Cl2N2/c1-11(2)16-9-20-17(3,12-4-5-12)10-21(16)15-8-13(18)6-7-14(15)19/h6-8,11-12,16,20H,4-5,9-10H2,1-3H3. The third-order valence-corrected chi connectivity index (χ3v) is 5.63. The van der Waals surface area contributed by atoms with E-state index >= 15 is 0 Å². The van der Waals surface area contributed by atoms with Crippen molar-refractivity contribution in [3.8, 4) is 0 Å². The summed E-state index contributed by atoms with van der Waals surface area (Å²) in [6, 6.07) is 6.23. The topological polar surface area (TPSA) is 15.3 Å². The molecule has 0 radical (unpaired) electrons. The van der Waals surface area contributed by atoms with E-state index in [1.807, 2.05) is 18.2 Å². The number of rotatable bonds is 3. The van der Waals surface area contributed by atoms with Crippen LogP contribution < -0.4 is 10.2 Å². The molecule has 2 fully saturated rings. The highest BCUT2D eigenvalue weighted by atomic mass is 35.5. The molecule has 1 aromatic rings. The van der Waals surface area contributed by atoms with E-state index in [9.17, 15) is 0 Å². The van der Waals surface area contributed by atoms with E-state index in [2.05, 4.69) is 31.0 Å². The Morgan fingerprint density at radius 2 is 2.00 bits per heavy atom. The number of nitrogens with one attached hydrogen (secondary N) is 1. The molecule has 1 saturated carbocycles. The molecule has 2 nitrogen and oxygen atoms in total. The van der Waals surface area contributed by atoms with Gasteiger partial charge in [-0.15, -0.1) is 0 Å². The maximum Gasteiger partial charge on any atom is 0.0640 e. The maximum atomic E-state index is 6.47. The van der Waals surface area contributed by atoms with Crippen LogP contribution in [0, 0.1) is 11.8 Å². The predicted molar refractivity (Wildman–Crippen MR) is 91.6 cm³/mol. The zero-order valence-corrected chi connectivity index (χ0v) is 14.5. The first-order valence-electron chi connectivity index (χ1n) is 7.87. The highest BCUT2D eigenvalue weighted by Gasteiger charge is 2.46. The number of hydrogen-bond acceptors (Lipinski definition) is 2. The van der Waals surface area contributed by atoms with Gasteiger partial charge in [0.15, 0.2) is 0 Å². The summed E-state index contributed by atoms with van der Waals surface area (Å²) < 4.78 is 0. The molecule has 116 valence electrons. The molecule has 1 saturated heterocycles. The molecule has 21 heavy (non-hydrogen) atoms. The lowest BCUT2D eigenvalue weighted by atomic mass is 9.87. The molecule has 0 aromatic heterocycles. The number of piperazine rings is 1. The SMILES string of the molecule is CC(C)C1CNC(C)(C2CC2)CN1c1cc(Cl)ccc1Cl. The average molecular weight is 327 g/mol. The molecule has 1 heterocycles. The zero-order chi connectivity index (χ0) is 15.2. The summed E-state index contributed by atoms with van der Waals surface area (Å²) in [7, 11) is 0. The summed E-state index contributed by atoms with van der Waals surface area (Å²) in [6.45, 7) is 8.91. The lowest BCUT2D eigenvalue weighted by Crippen LogP contribution is -2.65. The van der Waals surface area contributed by atoms with Gasteiger partial charge in [-0.05, 0) is 49.8 Å². The van der Waals surface area contributed by atoms with E-state index < -0.39 is 0 Å². The average Bonchev–Trinajstić information content (AvgIpc) is 3.26. The van der Waals surface area contributed by atoms with Crippen LogP contribution in [-0.2, 0) is 0 Å². The molecule has 1 aliphatic heterocycles. The van der Waals surface area contributed by atoms with Gasteiger partial charge in [0.2, 0.25) is 0 Å². The van der Waals surface area contributed by atoms with Gasteiger partial charge in [-0.25, -0.2) is 0 Å². The van der Waals surface area contributed by atoms with Crippen molar-refractivity contribution >= 4 is 28.9 Å². The molecule has 4 heteroatoms. The van der Waals surface area contributed by atoms with Crippen LogP contribution in [0.2, 0.25) is 10.0 Å². The molecule has 1 N–H and O–H groups in total. The summed E-state index contributed by atoms with van der Waals surface area (Å²) in [5, 5.41) is 5.35. The van der Waals surface area contributed by atoms with Gasteiger partial charge in [-0.2, -0.15) is 0 Å². The van der Waals surface area contributed by atoms with E-state index in [0.29, 0.717) is 12.0 Å². The second kappa shape index (κ2) is 5.64. The third kappa shape index (κ3) is 3.04. The van der Waals surface area contributed by atoms with Crippen molar-refractivity contribution in [3.63, 3.8) is 0 Å². The fourth-order valence-corrected chi connectivity index (χ4v) is 3.93. The van der Waals surface area contributed by atoms with Crippen LogP contribution in [-0.4, -0.2) is 24.7 Å². The first-order valence-corrected chi connectivity index (χ1v) is 8.63. The Morgan fingerprint density at radius 3 is 2.62 bits per heavy atom. The van der Waals surface area contributed by atoms with Crippen LogP contribution in [0.5, 0.6) is 0 Å². The summed E-state index contributed by atoms with van der Waals surface area (Å²) in [6.07, 6.45) is 2.68. The summed E-state index contributed by atoms with van der Waals surface area (Å²) in [5.41, 5.74) is 1.27. The minimum Gasteiger partial charge on any atom is -0.364 e. The molecule has 2 aliphatic rings. The minimum atomic E-state index is 0.192. The maximum absolute atomic E-state index is 6.47. The predicted octanol–water partition coefficient (Wildman–Crippen LogP) is 4.60. The summed E-state index contributed by atoms with van der Waals surface area (Å²) >= 11 is 12.7. The number of benzene rings is 1. The smallest absolute Gasteiger partial charge is 0.0640 e. The second-order valence-electron chi connectivity index (χ2n) is 7.11. The van der Waals surface area contributed by atoms with Crippen molar-refractivity contribution in [3.05, 3.63) is 28.2 Å². The molecule has 2 unspecified atom stereocenters.